The molecule has 1 aliphatic rings. The normalized spacial score (nSPS) is 16.0. The highest BCUT2D eigenvalue weighted by molar-refractivity contribution is 4.92. The molecule has 0 N–H and O–H groups in total. The Morgan fingerprint density at radius 1 is 1.38 bits per heavy atom. The third-order valence-corrected chi connectivity index (χ3v) is 2.15. The molecule has 3 heteroatoms. The van der Waals surface area contributed by atoms with Crippen molar-refractivity contribution < 1.29 is 4.74 Å². The molecule has 0 saturated heterocycles. The van der Waals surface area contributed by atoms with E-state index in [0.717, 1.165) is 12.5 Å². The second kappa shape index (κ2) is 3.75. The number of hydrogen-bond donors (Lipinski definition) is 0. The molecule has 1 heterocycles. The molecule has 0 amide bonds. The van der Waals surface area contributed by atoms with Gasteiger partial charge in [0.25, 0.3) is 0 Å². The van der Waals surface area contributed by atoms with E-state index in [4.69, 9.17) is 4.74 Å². The first-order valence-corrected chi connectivity index (χ1v) is 4.58. The number of hydrogen-bond acceptors (Lipinski definition) is 2. The Bertz CT molecular complexity index is 307. The molecule has 0 unspecified atom stereocenters. The third kappa shape index (κ3) is 2.70. The average molecular weight is 179 g/mol. The van der Waals surface area contributed by atoms with Crippen LogP contribution in [0.25, 0.3) is 0 Å². The summed E-state index contributed by atoms with van der Waals surface area (Å²) in [5, 5.41) is 0. The summed E-state index contributed by atoms with van der Waals surface area (Å²) in [5.74, 6) is 0.791. The monoisotopic (exact) mass is 179 g/mol. The number of nitrogens with zero attached hydrogens (tertiary/aromatic N) is 1. The van der Waals surface area contributed by atoms with Crippen molar-refractivity contribution >= 4 is 0 Å². The molecule has 0 spiro atoms. The molecule has 0 aromatic carbocycles. The van der Waals surface area contributed by atoms with E-state index in [1.807, 2.05) is 4.57 Å². The lowest BCUT2D eigenvalue weighted by atomic mass is 10.5. The van der Waals surface area contributed by atoms with Crippen molar-refractivity contribution in [3.63, 3.8) is 0 Å². The lowest BCUT2D eigenvalue weighted by Gasteiger charge is -2.05. The summed E-state index contributed by atoms with van der Waals surface area (Å²) in [6.45, 7) is 1.41. The maximum atomic E-state index is 10.8. The fourth-order valence-corrected chi connectivity index (χ4v) is 1.14. The number of aromatic nitrogens is 1. The van der Waals surface area contributed by atoms with Crippen LogP contribution in [-0.4, -0.2) is 11.2 Å². The van der Waals surface area contributed by atoms with Gasteiger partial charge in [-0.3, -0.25) is 4.79 Å². The van der Waals surface area contributed by atoms with Crippen LogP contribution in [0, 0.1) is 5.92 Å². The second-order valence-electron chi connectivity index (χ2n) is 3.49. The SMILES string of the molecule is O=c1ccn(COCC2CC2)cc1. The van der Waals surface area contributed by atoms with Gasteiger partial charge in [0.1, 0.15) is 6.73 Å². The maximum absolute atomic E-state index is 10.8. The molecule has 0 atom stereocenters. The number of ether oxygens (including phenoxy) is 1. The summed E-state index contributed by atoms with van der Waals surface area (Å²) in [5.41, 5.74) is 0.0402. The zero-order valence-corrected chi connectivity index (χ0v) is 7.48. The van der Waals surface area contributed by atoms with E-state index in [-0.39, 0.29) is 5.43 Å². The largest absolute Gasteiger partial charge is 0.361 e. The van der Waals surface area contributed by atoms with Crippen molar-refractivity contribution in [2.75, 3.05) is 6.61 Å². The quantitative estimate of drug-likeness (QED) is 0.696. The molecule has 1 saturated carbocycles. The Hall–Kier alpha value is -1.09. The predicted octanol–water partition coefficient (Wildman–Crippen LogP) is 1.23. The van der Waals surface area contributed by atoms with Gasteiger partial charge in [-0.05, 0) is 18.8 Å². The standard InChI is InChI=1S/C10H13NO2/c12-10-3-5-11(6-4-10)8-13-7-9-1-2-9/h3-6,9H,1-2,7-8H2. The van der Waals surface area contributed by atoms with Crippen LogP contribution in [0.5, 0.6) is 0 Å². The molecule has 1 aromatic rings. The van der Waals surface area contributed by atoms with Crippen molar-refractivity contribution in [3.8, 4) is 0 Å². The Morgan fingerprint density at radius 3 is 2.69 bits per heavy atom. The van der Waals surface area contributed by atoms with Crippen LogP contribution >= 0.6 is 0 Å². The highest BCUT2D eigenvalue weighted by atomic mass is 16.5. The minimum absolute atomic E-state index is 0.0402. The highest BCUT2D eigenvalue weighted by Crippen LogP contribution is 2.28. The van der Waals surface area contributed by atoms with Crippen molar-refractivity contribution in [3.05, 3.63) is 34.7 Å². The fourth-order valence-electron chi connectivity index (χ4n) is 1.14. The topological polar surface area (TPSA) is 31.2 Å². The van der Waals surface area contributed by atoms with Crippen LogP contribution in [0.4, 0.5) is 0 Å². The molecule has 70 valence electrons. The van der Waals surface area contributed by atoms with E-state index in [1.165, 1.54) is 12.8 Å². The first-order valence-electron chi connectivity index (χ1n) is 4.58. The van der Waals surface area contributed by atoms with Crippen LogP contribution < -0.4 is 5.43 Å². The van der Waals surface area contributed by atoms with Gasteiger partial charge in [0.15, 0.2) is 5.43 Å². The van der Waals surface area contributed by atoms with Crippen LogP contribution in [-0.2, 0) is 11.5 Å². The second-order valence-corrected chi connectivity index (χ2v) is 3.49. The van der Waals surface area contributed by atoms with Crippen LogP contribution in [0.2, 0.25) is 0 Å². The first kappa shape index (κ1) is 8.51. The first-order chi connectivity index (χ1) is 6.34. The van der Waals surface area contributed by atoms with Crippen molar-refractivity contribution in [2.45, 2.75) is 19.6 Å². The van der Waals surface area contributed by atoms with Crippen molar-refractivity contribution in [1.29, 1.82) is 0 Å². The molecular weight excluding hydrogens is 166 g/mol. The van der Waals surface area contributed by atoms with Crippen molar-refractivity contribution in [2.24, 2.45) is 5.92 Å². The van der Waals surface area contributed by atoms with Gasteiger partial charge >= 0.3 is 0 Å². The summed E-state index contributed by atoms with van der Waals surface area (Å²) in [4.78, 5) is 10.8. The van der Waals surface area contributed by atoms with E-state index in [0.29, 0.717) is 6.73 Å². The zero-order chi connectivity index (χ0) is 9.10. The molecule has 1 fully saturated rings. The molecule has 0 aliphatic heterocycles. The number of rotatable bonds is 4. The Balaban J connectivity index is 1.79. The smallest absolute Gasteiger partial charge is 0.181 e. The molecule has 1 aliphatic carbocycles. The fraction of sp³-hybridized carbons (Fsp3) is 0.500. The maximum Gasteiger partial charge on any atom is 0.181 e. The van der Waals surface area contributed by atoms with E-state index in [2.05, 4.69) is 0 Å². The minimum Gasteiger partial charge on any atom is -0.361 e. The average Bonchev–Trinajstić information content (AvgIpc) is 2.92. The van der Waals surface area contributed by atoms with Gasteiger partial charge in [0, 0.05) is 24.5 Å². The molecule has 0 radical (unpaired) electrons. The highest BCUT2D eigenvalue weighted by Gasteiger charge is 2.20. The van der Waals surface area contributed by atoms with E-state index in [1.54, 1.807) is 24.5 Å². The molecule has 13 heavy (non-hydrogen) atoms. The summed E-state index contributed by atoms with van der Waals surface area (Å²) in [6, 6.07) is 3.08. The van der Waals surface area contributed by atoms with Crippen LogP contribution in [0.1, 0.15) is 12.8 Å². The Labute approximate surface area is 77.0 Å². The van der Waals surface area contributed by atoms with Gasteiger partial charge in [-0.2, -0.15) is 0 Å². The molecule has 2 rings (SSSR count). The zero-order valence-electron chi connectivity index (χ0n) is 7.48. The van der Waals surface area contributed by atoms with Gasteiger partial charge in [-0.1, -0.05) is 0 Å². The van der Waals surface area contributed by atoms with Gasteiger partial charge in [0.05, 0.1) is 6.61 Å². The van der Waals surface area contributed by atoms with Crippen LogP contribution in [0.15, 0.2) is 29.3 Å². The van der Waals surface area contributed by atoms with E-state index < -0.39 is 0 Å². The summed E-state index contributed by atoms with van der Waals surface area (Å²) in [6.07, 6.45) is 6.11. The Morgan fingerprint density at radius 2 is 2.08 bits per heavy atom. The summed E-state index contributed by atoms with van der Waals surface area (Å²) >= 11 is 0. The molecule has 3 nitrogen and oxygen atoms in total. The molecule has 0 bridgehead atoms. The van der Waals surface area contributed by atoms with Gasteiger partial charge in [0.2, 0.25) is 0 Å². The van der Waals surface area contributed by atoms with Gasteiger partial charge in [-0.15, -0.1) is 0 Å². The molecule has 1 aromatic heterocycles. The summed E-state index contributed by atoms with van der Waals surface area (Å²) < 4.78 is 7.31. The summed E-state index contributed by atoms with van der Waals surface area (Å²) in [7, 11) is 0. The third-order valence-electron chi connectivity index (χ3n) is 2.15. The predicted molar refractivity (Wildman–Crippen MR) is 49.4 cm³/mol. The van der Waals surface area contributed by atoms with Gasteiger partial charge in [-0.25, -0.2) is 0 Å². The minimum atomic E-state index is 0.0402. The van der Waals surface area contributed by atoms with E-state index in [9.17, 15) is 4.79 Å². The molecular formula is C10H13NO2. The van der Waals surface area contributed by atoms with Crippen molar-refractivity contribution in [1.82, 2.24) is 4.57 Å². The lowest BCUT2D eigenvalue weighted by Crippen LogP contribution is -2.07. The Kier molecular flexibility index (Phi) is 2.45. The van der Waals surface area contributed by atoms with Gasteiger partial charge < -0.3 is 9.30 Å². The lowest BCUT2D eigenvalue weighted by molar-refractivity contribution is 0.0686. The number of pyridine rings is 1. The van der Waals surface area contributed by atoms with E-state index >= 15 is 0 Å². The van der Waals surface area contributed by atoms with Crippen LogP contribution in [0.3, 0.4) is 0 Å².